The molecule has 3 nitrogen and oxygen atoms in total. The smallest absolute Gasteiger partial charge is 0.335 e. The highest BCUT2D eigenvalue weighted by atomic mass is 32.2. The molecule has 1 aromatic carbocycles. The first-order valence-corrected chi connectivity index (χ1v) is 8.02. The third-order valence-corrected chi connectivity index (χ3v) is 5.11. The van der Waals surface area contributed by atoms with Crippen molar-refractivity contribution in [2.75, 3.05) is 5.75 Å². The highest BCUT2D eigenvalue weighted by Gasteiger charge is 2.11. The van der Waals surface area contributed by atoms with Crippen LogP contribution in [0.4, 0.5) is 0 Å². The summed E-state index contributed by atoms with van der Waals surface area (Å²) >= 11 is 1.64. The van der Waals surface area contributed by atoms with Gasteiger partial charge in [-0.3, -0.25) is 4.21 Å². The van der Waals surface area contributed by atoms with E-state index in [1.807, 2.05) is 17.5 Å². The van der Waals surface area contributed by atoms with Crippen LogP contribution in [0.1, 0.15) is 20.8 Å². The molecule has 100 valence electrons. The van der Waals surface area contributed by atoms with Gasteiger partial charge in [-0.25, -0.2) is 4.79 Å². The first-order chi connectivity index (χ1) is 9.08. The van der Waals surface area contributed by atoms with Crippen molar-refractivity contribution in [1.82, 2.24) is 0 Å². The van der Waals surface area contributed by atoms with E-state index in [-0.39, 0.29) is 5.56 Å². The molecule has 0 fully saturated rings. The Morgan fingerprint density at radius 2 is 2.16 bits per heavy atom. The van der Waals surface area contributed by atoms with Gasteiger partial charge in [0.05, 0.1) is 16.4 Å². The van der Waals surface area contributed by atoms with Gasteiger partial charge in [0.1, 0.15) is 0 Å². The minimum absolute atomic E-state index is 0.224. The topological polar surface area (TPSA) is 54.4 Å². The van der Waals surface area contributed by atoms with Crippen LogP contribution in [0.15, 0.2) is 40.6 Å². The van der Waals surface area contributed by atoms with Gasteiger partial charge in [0, 0.05) is 15.5 Å². The Labute approximate surface area is 118 Å². The highest BCUT2D eigenvalue weighted by molar-refractivity contribution is 7.85. The van der Waals surface area contributed by atoms with Gasteiger partial charge >= 0.3 is 5.97 Å². The van der Waals surface area contributed by atoms with Gasteiger partial charge in [0.15, 0.2) is 0 Å². The third kappa shape index (κ3) is 3.52. The van der Waals surface area contributed by atoms with Crippen LogP contribution < -0.4 is 0 Å². The maximum Gasteiger partial charge on any atom is 0.335 e. The quantitative estimate of drug-likeness (QED) is 0.922. The van der Waals surface area contributed by atoms with Crippen molar-refractivity contribution in [2.24, 2.45) is 0 Å². The fourth-order valence-corrected chi connectivity index (χ4v) is 3.69. The van der Waals surface area contributed by atoms with Crippen molar-refractivity contribution in [1.29, 1.82) is 0 Å². The zero-order chi connectivity index (χ0) is 13.8. The Hall–Kier alpha value is -1.46. The van der Waals surface area contributed by atoms with Gasteiger partial charge in [-0.1, -0.05) is 12.1 Å². The van der Waals surface area contributed by atoms with Gasteiger partial charge in [-0.2, -0.15) is 0 Å². The molecule has 0 spiro atoms. The van der Waals surface area contributed by atoms with E-state index in [9.17, 15) is 9.00 Å². The Morgan fingerprint density at radius 3 is 2.79 bits per heavy atom. The Bertz CT molecular complexity index is 603. The second-order valence-electron chi connectivity index (χ2n) is 4.16. The van der Waals surface area contributed by atoms with Crippen LogP contribution in [0, 0.1) is 6.92 Å². The number of aryl methyl sites for hydroxylation is 2. The maximum atomic E-state index is 12.1. The van der Waals surface area contributed by atoms with Crippen LogP contribution in [-0.2, 0) is 17.2 Å². The van der Waals surface area contributed by atoms with Gasteiger partial charge in [0.2, 0.25) is 0 Å². The van der Waals surface area contributed by atoms with Gasteiger partial charge in [-0.15, -0.1) is 11.3 Å². The van der Waals surface area contributed by atoms with E-state index in [4.69, 9.17) is 5.11 Å². The van der Waals surface area contributed by atoms with Crippen LogP contribution in [0.25, 0.3) is 0 Å². The second-order valence-corrected chi connectivity index (χ2v) is 6.76. The number of carbonyl (C=O) groups is 1. The predicted octanol–water partition coefficient (Wildman–Crippen LogP) is 3.11. The van der Waals surface area contributed by atoms with Gasteiger partial charge < -0.3 is 5.11 Å². The molecule has 1 atom stereocenters. The second kappa shape index (κ2) is 6.12. The first-order valence-electron chi connectivity index (χ1n) is 5.82. The molecule has 0 aliphatic heterocycles. The Balaban J connectivity index is 2.11. The first kappa shape index (κ1) is 14.0. The summed E-state index contributed by atoms with van der Waals surface area (Å²) in [4.78, 5) is 12.8. The van der Waals surface area contributed by atoms with Crippen molar-refractivity contribution in [3.05, 3.63) is 51.7 Å². The summed E-state index contributed by atoms with van der Waals surface area (Å²) in [5, 5.41) is 11.0. The zero-order valence-electron chi connectivity index (χ0n) is 10.5. The van der Waals surface area contributed by atoms with E-state index in [1.54, 1.807) is 30.4 Å². The molecule has 0 saturated carbocycles. The number of carboxylic acid groups (broad SMARTS) is 1. The van der Waals surface area contributed by atoms with E-state index in [1.165, 1.54) is 10.9 Å². The van der Waals surface area contributed by atoms with E-state index in [2.05, 4.69) is 0 Å². The van der Waals surface area contributed by atoms with E-state index in [0.717, 1.165) is 6.42 Å². The minimum Gasteiger partial charge on any atom is -0.478 e. The number of thiophene rings is 1. The third-order valence-electron chi connectivity index (χ3n) is 2.82. The predicted molar refractivity (Wildman–Crippen MR) is 77.4 cm³/mol. The molecule has 5 heteroatoms. The number of carboxylic acids is 1. The maximum absolute atomic E-state index is 12.1. The number of aromatic carboxylic acids is 1. The lowest BCUT2D eigenvalue weighted by Crippen LogP contribution is -2.05. The largest absolute Gasteiger partial charge is 0.478 e. The van der Waals surface area contributed by atoms with Crippen molar-refractivity contribution in [2.45, 2.75) is 18.2 Å². The molecule has 1 heterocycles. The average Bonchev–Trinajstić information content (AvgIpc) is 2.89. The van der Waals surface area contributed by atoms with Crippen molar-refractivity contribution >= 4 is 28.1 Å². The lowest BCUT2D eigenvalue weighted by atomic mass is 10.1. The fourth-order valence-electron chi connectivity index (χ4n) is 1.74. The molecule has 0 amide bonds. The summed E-state index contributed by atoms with van der Waals surface area (Å²) in [5.41, 5.74) is 0.911. The van der Waals surface area contributed by atoms with Gasteiger partial charge in [-0.05, 0) is 42.5 Å². The number of rotatable bonds is 5. The molecule has 0 aliphatic rings. The Kier molecular flexibility index (Phi) is 4.50. The van der Waals surface area contributed by atoms with Crippen molar-refractivity contribution in [3.8, 4) is 0 Å². The summed E-state index contributed by atoms with van der Waals surface area (Å²) in [6.45, 7) is 1.74. The van der Waals surface area contributed by atoms with Crippen LogP contribution in [0.2, 0.25) is 0 Å². The molecule has 0 radical (unpaired) electrons. The monoisotopic (exact) mass is 294 g/mol. The number of hydrogen-bond acceptors (Lipinski definition) is 3. The molecule has 2 aromatic rings. The average molecular weight is 294 g/mol. The molecule has 1 N–H and O–H groups in total. The number of hydrogen-bond donors (Lipinski definition) is 1. The van der Waals surface area contributed by atoms with Crippen LogP contribution in [-0.4, -0.2) is 21.0 Å². The SMILES string of the molecule is Cc1ccc(S(=O)CCc2cccs2)cc1C(=O)O. The zero-order valence-corrected chi connectivity index (χ0v) is 12.1. The minimum atomic E-state index is -1.16. The number of benzene rings is 1. The van der Waals surface area contributed by atoms with Crippen LogP contribution in [0.3, 0.4) is 0 Å². The fraction of sp³-hybridized carbons (Fsp3) is 0.214. The lowest BCUT2D eigenvalue weighted by molar-refractivity contribution is 0.0696. The lowest BCUT2D eigenvalue weighted by Gasteiger charge is -2.05. The summed E-state index contributed by atoms with van der Waals surface area (Å²) < 4.78 is 12.1. The molecule has 19 heavy (non-hydrogen) atoms. The molecule has 2 rings (SSSR count). The molecular formula is C14H14O3S2. The van der Waals surface area contributed by atoms with E-state index >= 15 is 0 Å². The molecule has 0 bridgehead atoms. The summed E-state index contributed by atoms with van der Waals surface area (Å²) in [6.07, 6.45) is 0.751. The summed E-state index contributed by atoms with van der Waals surface area (Å²) in [5.74, 6) is -0.461. The van der Waals surface area contributed by atoms with E-state index in [0.29, 0.717) is 16.2 Å². The van der Waals surface area contributed by atoms with E-state index < -0.39 is 16.8 Å². The molecule has 0 saturated heterocycles. The normalized spacial score (nSPS) is 12.3. The standard InChI is InChI=1S/C14H14O3S2/c1-10-4-5-12(9-13(10)14(15)16)19(17)8-6-11-3-2-7-18-11/h2-5,7,9H,6,8H2,1H3,(H,15,16). The van der Waals surface area contributed by atoms with Crippen molar-refractivity contribution in [3.63, 3.8) is 0 Å². The van der Waals surface area contributed by atoms with Gasteiger partial charge in [0.25, 0.3) is 0 Å². The van der Waals surface area contributed by atoms with Crippen molar-refractivity contribution < 1.29 is 14.1 Å². The molecule has 1 unspecified atom stereocenters. The van der Waals surface area contributed by atoms with Crippen LogP contribution >= 0.6 is 11.3 Å². The molecule has 0 aliphatic carbocycles. The summed E-state index contributed by atoms with van der Waals surface area (Å²) in [6, 6.07) is 8.95. The molecule has 1 aromatic heterocycles. The Morgan fingerprint density at radius 1 is 1.37 bits per heavy atom. The highest BCUT2D eigenvalue weighted by Crippen LogP contribution is 2.16. The van der Waals surface area contributed by atoms with Crippen LogP contribution in [0.5, 0.6) is 0 Å². The molecular weight excluding hydrogens is 280 g/mol. The summed E-state index contributed by atoms with van der Waals surface area (Å²) in [7, 11) is -1.16.